The summed E-state index contributed by atoms with van der Waals surface area (Å²) >= 11 is 11.3. The van der Waals surface area contributed by atoms with Gasteiger partial charge in [0.25, 0.3) is 0 Å². The van der Waals surface area contributed by atoms with Crippen LogP contribution in [-0.4, -0.2) is 4.99 Å². The van der Waals surface area contributed by atoms with Crippen molar-refractivity contribution in [1.29, 1.82) is 0 Å². The highest BCUT2D eigenvalue weighted by atomic mass is 35.5. The molecule has 0 amide bonds. The average Bonchev–Trinajstić information content (AvgIpc) is 2.33. The number of halogens is 1. The molecule has 0 atom stereocenters. The second-order valence-electron chi connectivity index (χ2n) is 4.93. The van der Waals surface area contributed by atoms with E-state index in [-0.39, 0.29) is 0 Å². The lowest BCUT2D eigenvalue weighted by atomic mass is 10.0. The van der Waals surface area contributed by atoms with Crippen LogP contribution in [0.5, 0.6) is 0 Å². The number of hydrogen-bond acceptors (Lipinski definition) is 2. The summed E-state index contributed by atoms with van der Waals surface area (Å²) < 4.78 is 0. The molecule has 0 aliphatic rings. The summed E-state index contributed by atoms with van der Waals surface area (Å²) in [5.74, 6) is 0. The summed E-state index contributed by atoms with van der Waals surface area (Å²) in [6.07, 6.45) is 0. The minimum atomic E-state index is 0.292. The van der Waals surface area contributed by atoms with Crippen LogP contribution in [0, 0.1) is 20.8 Å². The molecule has 2 aromatic rings. The number of rotatable bonds is 3. The molecule has 0 aromatic heterocycles. The fourth-order valence-electron chi connectivity index (χ4n) is 2.39. The number of benzene rings is 2. The van der Waals surface area contributed by atoms with Gasteiger partial charge in [0, 0.05) is 5.69 Å². The van der Waals surface area contributed by atoms with E-state index in [1.807, 2.05) is 12.1 Å². The number of nitrogens with two attached hydrogens (primary N) is 1. The van der Waals surface area contributed by atoms with Crippen LogP contribution in [0.15, 0.2) is 30.3 Å². The number of aryl methyl sites for hydroxylation is 3. The predicted molar refractivity (Wildman–Crippen MR) is 91.3 cm³/mol. The maximum absolute atomic E-state index is 6.19. The van der Waals surface area contributed by atoms with Crippen LogP contribution >= 0.6 is 23.8 Å². The molecule has 0 bridgehead atoms. The molecule has 0 fully saturated rings. The van der Waals surface area contributed by atoms with Crippen molar-refractivity contribution in [2.24, 2.45) is 5.73 Å². The van der Waals surface area contributed by atoms with Gasteiger partial charge in [0.15, 0.2) is 0 Å². The van der Waals surface area contributed by atoms with Gasteiger partial charge in [0.2, 0.25) is 0 Å². The van der Waals surface area contributed by atoms with E-state index >= 15 is 0 Å². The minimum absolute atomic E-state index is 0.292. The van der Waals surface area contributed by atoms with E-state index in [2.05, 4.69) is 38.2 Å². The molecule has 0 aliphatic carbocycles. The summed E-state index contributed by atoms with van der Waals surface area (Å²) in [5, 5.41) is 3.97. The van der Waals surface area contributed by atoms with Gasteiger partial charge in [-0.15, -0.1) is 0 Å². The number of thiocarbonyl (C=S) groups is 1. The lowest BCUT2D eigenvalue weighted by Crippen LogP contribution is -2.13. The molecule has 0 unspecified atom stereocenters. The molecule has 0 spiro atoms. The summed E-state index contributed by atoms with van der Waals surface area (Å²) in [5.41, 5.74) is 12.0. The molecule has 4 heteroatoms. The van der Waals surface area contributed by atoms with Gasteiger partial charge in [0.1, 0.15) is 4.99 Å². The second kappa shape index (κ2) is 5.81. The van der Waals surface area contributed by atoms with E-state index in [1.54, 1.807) is 6.07 Å². The van der Waals surface area contributed by atoms with Gasteiger partial charge < -0.3 is 11.1 Å². The van der Waals surface area contributed by atoms with Crippen LogP contribution < -0.4 is 11.1 Å². The summed E-state index contributed by atoms with van der Waals surface area (Å²) in [7, 11) is 0. The molecular formula is C16H17ClN2S. The van der Waals surface area contributed by atoms with Crippen molar-refractivity contribution in [2.75, 3.05) is 5.32 Å². The zero-order chi connectivity index (χ0) is 14.9. The Balaban J connectivity index is 2.51. The molecule has 0 aliphatic heterocycles. The summed E-state index contributed by atoms with van der Waals surface area (Å²) in [6, 6.07) is 9.88. The lowest BCUT2D eigenvalue weighted by Gasteiger charge is -2.17. The van der Waals surface area contributed by atoms with Crippen LogP contribution in [0.4, 0.5) is 11.4 Å². The van der Waals surface area contributed by atoms with E-state index in [9.17, 15) is 0 Å². The molecule has 0 saturated carbocycles. The third-order valence-corrected chi connectivity index (χ3v) is 3.72. The van der Waals surface area contributed by atoms with Crippen molar-refractivity contribution < 1.29 is 0 Å². The van der Waals surface area contributed by atoms with Gasteiger partial charge in [-0.25, -0.2) is 0 Å². The largest absolute Gasteiger partial charge is 0.389 e. The Kier molecular flexibility index (Phi) is 4.31. The third-order valence-electron chi connectivity index (χ3n) is 3.20. The van der Waals surface area contributed by atoms with Crippen molar-refractivity contribution in [2.45, 2.75) is 20.8 Å². The van der Waals surface area contributed by atoms with Crippen molar-refractivity contribution in [3.63, 3.8) is 0 Å². The Bertz CT molecular complexity index is 657. The zero-order valence-electron chi connectivity index (χ0n) is 11.8. The second-order valence-corrected chi connectivity index (χ2v) is 5.77. The van der Waals surface area contributed by atoms with Crippen molar-refractivity contribution in [3.8, 4) is 0 Å². The maximum atomic E-state index is 6.19. The first-order valence-electron chi connectivity index (χ1n) is 6.33. The van der Waals surface area contributed by atoms with E-state index in [0.717, 1.165) is 11.4 Å². The Morgan fingerprint density at radius 2 is 1.75 bits per heavy atom. The smallest absolute Gasteiger partial charge is 0.107 e. The van der Waals surface area contributed by atoms with Crippen LogP contribution in [-0.2, 0) is 0 Å². The van der Waals surface area contributed by atoms with Gasteiger partial charge in [-0.05, 0) is 44.0 Å². The lowest BCUT2D eigenvalue weighted by molar-refractivity contribution is 1.31. The van der Waals surface area contributed by atoms with Crippen LogP contribution in [0.1, 0.15) is 22.3 Å². The molecule has 2 rings (SSSR count). The minimum Gasteiger partial charge on any atom is -0.389 e. The number of nitrogens with one attached hydrogen (secondary N) is 1. The first-order valence-corrected chi connectivity index (χ1v) is 7.12. The van der Waals surface area contributed by atoms with Crippen molar-refractivity contribution >= 4 is 40.2 Å². The van der Waals surface area contributed by atoms with Gasteiger partial charge in [-0.3, -0.25) is 0 Å². The van der Waals surface area contributed by atoms with Crippen LogP contribution in [0.3, 0.4) is 0 Å². The Morgan fingerprint density at radius 3 is 2.30 bits per heavy atom. The molecule has 2 nitrogen and oxygen atoms in total. The number of hydrogen-bond donors (Lipinski definition) is 2. The standard InChI is InChI=1S/C16H17ClN2S/c1-9-7-10(2)15(11(3)8-9)19-13-6-4-5-12(17)14(13)16(18)20/h4-8,19H,1-3H3,(H2,18,20). The van der Waals surface area contributed by atoms with E-state index in [4.69, 9.17) is 29.6 Å². The summed E-state index contributed by atoms with van der Waals surface area (Å²) in [4.78, 5) is 0.292. The quantitative estimate of drug-likeness (QED) is 0.811. The normalized spacial score (nSPS) is 10.4. The monoisotopic (exact) mass is 304 g/mol. The highest BCUT2D eigenvalue weighted by Crippen LogP contribution is 2.30. The molecule has 0 radical (unpaired) electrons. The fraction of sp³-hybridized carbons (Fsp3) is 0.188. The van der Waals surface area contributed by atoms with Crippen molar-refractivity contribution in [1.82, 2.24) is 0 Å². The van der Waals surface area contributed by atoms with Gasteiger partial charge in [0.05, 0.1) is 16.3 Å². The third kappa shape index (κ3) is 2.94. The van der Waals surface area contributed by atoms with E-state index in [0.29, 0.717) is 15.6 Å². The SMILES string of the molecule is Cc1cc(C)c(Nc2cccc(Cl)c2C(N)=S)c(C)c1. The summed E-state index contributed by atoms with van der Waals surface area (Å²) in [6.45, 7) is 6.24. The Morgan fingerprint density at radius 1 is 1.15 bits per heavy atom. The molecule has 20 heavy (non-hydrogen) atoms. The van der Waals surface area contributed by atoms with Gasteiger partial charge in [-0.2, -0.15) is 0 Å². The molecule has 104 valence electrons. The fourth-order valence-corrected chi connectivity index (χ4v) is 2.94. The maximum Gasteiger partial charge on any atom is 0.107 e. The molecular weight excluding hydrogens is 288 g/mol. The molecule has 0 heterocycles. The molecule has 2 aromatic carbocycles. The van der Waals surface area contributed by atoms with Gasteiger partial charge in [-0.1, -0.05) is 47.6 Å². The topological polar surface area (TPSA) is 38.0 Å². The van der Waals surface area contributed by atoms with E-state index < -0.39 is 0 Å². The number of anilines is 2. The Hall–Kier alpha value is -1.58. The van der Waals surface area contributed by atoms with Gasteiger partial charge >= 0.3 is 0 Å². The van der Waals surface area contributed by atoms with Crippen LogP contribution in [0.25, 0.3) is 0 Å². The first-order chi connectivity index (χ1) is 9.40. The average molecular weight is 305 g/mol. The predicted octanol–water partition coefficient (Wildman–Crippen LogP) is 4.64. The zero-order valence-corrected chi connectivity index (χ0v) is 13.3. The Labute approximate surface area is 130 Å². The van der Waals surface area contributed by atoms with E-state index in [1.165, 1.54) is 16.7 Å². The van der Waals surface area contributed by atoms with Crippen molar-refractivity contribution in [3.05, 3.63) is 57.6 Å². The van der Waals surface area contributed by atoms with Crippen LogP contribution in [0.2, 0.25) is 5.02 Å². The highest BCUT2D eigenvalue weighted by molar-refractivity contribution is 7.80. The molecule has 3 N–H and O–H groups in total. The first kappa shape index (κ1) is 14.8. The highest BCUT2D eigenvalue weighted by Gasteiger charge is 2.12. The molecule has 0 saturated heterocycles.